The van der Waals surface area contributed by atoms with E-state index in [-0.39, 0.29) is 5.54 Å². The molecule has 3 rings (SSSR count). The Morgan fingerprint density at radius 1 is 1.25 bits per heavy atom. The van der Waals surface area contributed by atoms with Crippen LogP contribution in [0.3, 0.4) is 0 Å². The van der Waals surface area contributed by atoms with Crippen molar-refractivity contribution in [1.82, 2.24) is 14.9 Å². The molecule has 0 bridgehead atoms. The number of anilines is 1. The van der Waals surface area contributed by atoms with Crippen LogP contribution in [0, 0.1) is 0 Å². The van der Waals surface area contributed by atoms with Gasteiger partial charge in [0, 0.05) is 29.9 Å². The van der Waals surface area contributed by atoms with Crippen molar-refractivity contribution in [2.24, 2.45) is 0 Å². The second kappa shape index (κ2) is 5.37. The summed E-state index contributed by atoms with van der Waals surface area (Å²) in [5, 5.41) is 4.67. The van der Waals surface area contributed by atoms with E-state index in [9.17, 15) is 0 Å². The lowest BCUT2D eigenvalue weighted by molar-refractivity contribution is 0.172. The molecule has 0 saturated heterocycles. The molecule has 2 heterocycles. The monoisotopic (exact) mass is 270 g/mol. The van der Waals surface area contributed by atoms with Gasteiger partial charge in [0.15, 0.2) is 0 Å². The van der Waals surface area contributed by atoms with Crippen molar-refractivity contribution < 1.29 is 0 Å². The van der Waals surface area contributed by atoms with Crippen LogP contribution < -0.4 is 5.32 Å². The first kappa shape index (κ1) is 13.3. The maximum atomic E-state index is 4.48. The molecule has 106 valence electrons. The molecule has 1 aliphatic rings. The number of nitrogens with one attached hydrogen (secondary N) is 1. The normalized spacial score (nSPS) is 17.8. The Kier molecular flexibility index (Phi) is 3.57. The van der Waals surface area contributed by atoms with Gasteiger partial charge in [0.25, 0.3) is 0 Å². The third kappa shape index (κ3) is 2.36. The van der Waals surface area contributed by atoms with Gasteiger partial charge in [-0.2, -0.15) is 0 Å². The van der Waals surface area contributed by atoms with Gasteiger partial charge >= 0.3 is 0 Å². The van der Waals surface area contributed by atoms with Crippen molar-refractivity contribution >= 4 is 16.6 Å². The van der Waals surface area contributed by atoms with E-state index in [1.807, 2.05) is 24.7 Å². The summed E-state index contributed by atoms with van der Waals surface area (Å²) < 4.78 is 0. The van der Waals surface area contributed by atoms with Gasteiger partial charge in [0.1, 0.15) is 0 Å². The van der Waals surface area contributed by atoms with Crippen molar-refractivity contribution in [1.29, 1.82) is 0 Å². The highest BCUT2D eigenvalue weighted by molar-refractivity contribution is 5.88. The minimum absolute atomic E-state index is 0.275. The van der Waals surface area contributed by atoms with Crippen LogP contribution >= 0.6 is 0 Å². The minimum atomic E-state index is 0.275. The van der Waals surface area contributed by atoms with Gasteiger partial charge in [-0.3, -0.25) is 9.97 Å². The summed E-state index contributed by atoms with van der Waals surface area (Å²) in [6.07, 6.45) is 10.8. The minimum Gasteiger partial charge on any atom is -0.380 e. The van der Waals surface area contributed by atoms with Crippen LogP contribution in [0.1, 0.15) is 25.7 Å². The highest BCUT2D eigenvalue weighted by Crippen LogP contribution is 2.34. The summed E-state index contributed by atoms with van der Waals surface area (Å²) in [5.41, 5.74) is 2.32. The molecule has 0 radical (unpaired) electrons. The summed E-state index contributed by atoms with van der Waals surface area (Å²) in [4.78, 5) is 11.2. The standard InChI is InChI=1S/C16H22N4/c1-20(2)16(7-3-4-8-16)12-19-14-11-17-10-13-6-5-9-18-15(13)14/h5-6,9-11,19H,3-4,7-8,12H2,1-2H3. The molecule has 0 unspecified atom stereocenters. The molecule has 0 atom stereocenters. The summed E-state index contributed by atoms with van der Waals surface area (Å²) in [6, 6.07) is 4.00. The summed E-state index contributed by atoms with van der Waals surface area (Å²) in [5.74, 6) is 0. The SMILES string of the molecule is CN(C)C1(CNc2cncc3cccnc23)CCCC1. The molecule has 4 heteroatoms. The van der Waals surface area contributed by atoms with Crippen molar-refractivity contribution in [3.63, 3.8) is 0 Å². The van der Waals surface area contributed by atoms with Crippen LogP contribution in [0.25, 0.3) is 10.9 Å². The Morgan fingerprint density at radius 2 is 2.05 bits per heavy atom. The zero-order chi connectivity index (χ0) is 14.0. The number of hydrogen-bond acceptors (Lipinski definition) is 4. The Hall–Kier alpha value is -1.68. The number of pyridine rings is 2. The van der Waals surface area contributed by atoms with E-state index in [0.717, 1.165) is 23.1 Å². The first-order valence-electron chi connectivity index (χ1n) is 7.31. The molecule has 0 amide bonds. The van der Waals surface area contributed by atoms with Crippen molar-refractivity contribution in [3.8, 4) is 0 Å². The van der Waals surface area contributed by atoms with Crippen molar-refractivity contribution in [3.05, 3.63) is 30.7 Å². The number of rotatable bonds is 4. The zero-order valence-corrected chi connectivity index (χ0v) is 12.3. The highest BCUT2D eigenvalue weighted by atomic mass is 15.2. The van der Waals surface area contributed by atoms with Crippen LogP contribution in [-0.2, 0) is 0 Å². The van der Waals surface area contributed by atoms with Gasteiger partial charge in [0.2, 0.25) is 0 Å². The third-order valence-corrected chi connectivity index (χ3v) is 4.60. The van der Waals surface area contributed by atoms with E-state index in [2.05, 4.69) is 40.3 Å². The van der Waals surface area contributed by atoms with Crippen LogP contribution in [0.5, 0.6) is 0 Å². The smallest absolute Gasteiger partial charge is 0.0964 e. The van der Waals surface area contributed by atoms with Crippen LogP contribution in [0.2, 0.25) is 0 Å². The molecule has 1 aliphatic carbocycles. The molecule has 0 spiro atoms. The summed E-state index contributed by atoms with van der Waals surface area (Å²) >= 11 is 0. The number of fused-ring (bicyclic) bond motifs is 1. The molecule has 0 aliphatic heterocycles. The van der Waals surface area contributed by atoms with Crippen LogP contribution in [0.15, 0.2) is 30.7 Å². The number of hydrogen-bond donors (Lipinski definition) is 1. The fourth-order valence-electron chi connectivity index (χ4n) is 3.20. The van der Waals surface area contributed by atoms with E-state index in [4.69, 9.17) is 0 Å². The third-order valence-electron chi connectivity index (χ3n) is 4.60. The molecule has 1 N–H and O–H groups in total. The molecule has 0 aromatic carbocycles. The molecule has 1 fully saturated rings. The van der Waals surface area contributed by atoms with Crippen LogP contribution in [-0.4, -0.2) is 41.0 Å². The van der Waals surface area contributed by atoms with E-state index >= 15 is 0 Å². The first-order valence-corrected chi connectivity index (χ1v) is 7.31. The van der Waals surface area contributed by atoms with Crippen molar-refractivity contribution in [2.75, 3.05) is 26.0 Å². The maximum absolute atomic E-state index is 4.48. The number of likely N-dealkylation sites (N-methyl/N-ethyl adjacent to an activating group) is 1. The number of aromatic nitrogens is 2. The van der Waals surface area contributed by atoms with Gasteiger partial charge in [-0.25, -0.2) is 0 Å². The maximum Gasteiger partial charge on any atom is 0.0964 e. The topological polar surface area (TPSA) is 41.0 Å². The van der Waals surface area contributed by atoms with Gasteiger partial charge < -0.3 is 10.2 Å². The van der Waals surface area contributed by atoms with Gasteiger partial charge in [-0.05, 0) is 39.1 Å². The second-order valence-corrected chi connectivity index (χ2v) is 5.94. The van der Waals surface area contributed by atoms with E-state index in [0.29, 0.717) is 0 Å². The van der Waals surface area contributed by atoms with Gasteiger partial charge in [-0.1, -0.05) is 12.8 Å². The molecular formula is C16H22N4. The predicted molar refractivity (Wildman–Crippen MR) is 82.9 cm³/mol. The molecular weight excluding hydrogens is 248 g/mol. The lowest BCUT2D eigenvalue weighted by Gasteiger charge is -2.36. The highest BCUT2D eigenvalue weighted by Gasteiger charge is 2.35. The van der Waals surface area contributed by atoms with Gasteiger partial charge in [-0.15, -0.1) is 0 Å². The molecule has 2 aromatic heterocycles. The second-order valence-electron chi connectivity index (χ2n) is 5.94. The molecule has 2 aromatic rings. The Labute approximate surface area is 120 Å². The largest absolute Gasteiger partial charge is 0.380 e. The molecule has 20 heavy (non-hydrogen) atoms. The fourth-order valence-corrected chi connectivity index (χ4v) is 3.20. The lowest BCUT2D eigenvalue weighted by atomic mass is 9.96. The zero-order valence-electron chi connectivity index (χ0n) is 12.3. The predicted octanol–water partition coefficient (Wildman–Crippen LogP) is 2.92. The van der Waals surface area contributed by atoms with E-state index in [1.54, 1.807) is 0 Å². The molecule has 1 saturated carbocycles. The molecule has 4 nitrogen and oxygen atoms in total. The van der Waals surface area contributed by atoms with Crippen molar-refractivity contribution in [2.45, 2.75) is 31.2 Å². The number of nitrogens with zero attached hydrogens (tertiary/aromatic N) is 3. The lowest BCUT2D eigenvalue weighted by Crippen LogP contribution is -2.47. The Morgan fingerprint density at radius 3 is 2.80 bits per heavy atom. The first-order chi connectivity index (χ1) is 9.71. The summed E-state index contributed by atoms with van der Waals surface area (Å²) in [7, 11) is 4.37. The Bertz CT molecular complexity index is 583. The quantitative estimate of drug-likeness (QED) is 0.927. The van der Waals surface area contributed by atoms with Gasteiger partial charge in [0.05, 0.1) is 17.4 Å². The van der Waals surface area contributed by atoms with E-state index < -0.39 is 0 Å². The van der Waals surface area contributed by atoms with Crippen LogP contribution in [0.4, 0.5) is 5.69 Å². The average Bonchev–Trinajstić information content (AvgIpc) is 2.95. The Balaban J connectivity index is 1.83. The fraction of sp³-hybridized carbons (Fsp3) is 0.500. The average molecular weight is 270 g/mol. The summed E-state index contributed by atoms with van der Waals surface area (Å²) in [6.45, 7) is 0.956. The van der Waals surface area contributed by atoms with E-state index in [1.165, 1.54) is 25.7 Å².